The Hall–Kier alpha value is -2.43. The number of aryl methyl sites for hydroxylation is 1. The average Bonchev–Trinajstić information content (AvgIpc) is 2.37. The minimum Gasteiger partial charge on any atom is -0.370 e. The zero-order valence-corrected chi connectivity index (χ0v) is 10.4. The largest absolute Gasteiger partial charge is 0.370 e. The van der Waals surface area contributed by atoms with Crippen LogP contribution in [0.3, 0.4) is 0 Å². The van der Waals surface area contributed by atoms with Crippen molar-refractivity contribution in [3.63, 3.8) is 0 Å². The summed E-state index contributed by atoms with van der Waals surface area (Å²) < 4.78 is 13.1. The van der Waals surface area contributed by atoms with Crippen LogP contribution >= 0.6 is 0 Å². The molecule has 1 aromatic carbocycles. The van der Waals surface area contributed by atoms with Gasteiger partial charge in [-0.1, -0.05) is 12.1 Å². The summed E-state index contributed by atoms with van der Waals surface area (Å²) in [6.45, 7) is 1.85. The van der Waals surface area contributed by atoms with E-state index in [4.69, 9.17) is 5.73 Å². The molecule has 0 aliphatic rings. The second-order valence-electron chi connectivity index (χ2n) is 4.22. The maximum atomic E-state index is 13.1. The molecular weight excluding hydrogens is 245 g/mol. The van der Waals surface area contributed by atoms with E-state index in [0.29, 0.717) is 11.3 Å². The minimum atomic E-state index is -0.741. The lowest BCUT2D eigenvalue weighted by atomic mass is 10.1. The maximum Gasteiger partial charge on any atom is 0.244 e. The monoisotopic (exact) mass is 259 g/mol. The standard InChI is InChI=1S/C14H14FN3O/c1-9-5-6-10(8-17-9)13(14(16)19)18-12-4-2-3-11(15)7-12/h2-8,13,18H,1H3,(H2,16,19). The van der Waals surface area contributed by atoms with E-state index in [1.165, 1.54) is 12.1 Å². The quantitative estimate of drug-likeness (QED) is 0.884. The molecule has 2 aromatic rings. The Morgan fingerprint density at radius 3 is 2.74 bits per heavy atom. The molecule has 0 spiro atoms. The number of pyridine rings is 1. The van der Waals surface area contributed by atoms with Gasteiger partial charge >= 0.3 is 0 Å². The lowest BCUT2D eigenvalue weighted by molar-refractivity contribution is -0.118. The number of anilines is 1. The number of aromatic nitrogens is 1. The highest BCUT2D eigenvalue weighted by Crippen LogP contribution is 2.19. The van der Waals surface area contributed by atoms with Crippen molar-refractivity contribution >= 4 is 11.6 Å². The molecule has 0 aliphatic heterocycles. The van der Waals surface area contributed by atoms with Crippen molar-refractivity contribution in [2.75, 3.05) is 5.32 Å². The Bertz CT molecular complexity index is 583. The topological polar surface area (TPSA) is 68.0 Å². The van der Waals surface area contributed by atoms with Crippen LogP contribution in [-0.4, -0.2) is 10.9 Å². The number of primary amides is 1. The predicted molar refractivity (Wildman–Crippen MR) is 70.9 cm³/mol. The van der Waals surface area contributed by atoms with Crippen LogP contribution in [0, 0.1) is 12.7 Å². The van der Waals surface area contributed by atoms with Crippen molar-refractivity contribution in [2.24, 2.45) is 5.73 Å². The van der Waals surface area contributed by atoms with Crippen LogP contribution in [-0.2, 0) is 4.79 Å². The number of halogens is 1. The van der Waals surface area contributed by atoms with Crippen LogP contribution < -0.4 is 11.1 Å². The first-order chi connectivity index (χ1) is 9.06. The SMILES string of the molecule is Cc1ccc(C(Nc2cccc(F)c2)C(N)=O)cn1. The van der Waals surface area contributed by atoms with Gasteiger partial charge in [-0.25, -0.2) is 4.39 Å². The van der Waals surface area contributed by atoms with E-state index in [9.17, 15) is 9.18 Å². The fourth-order valence-corrected chi connectivity index (χ4v) is 1.71. The van der Waals surface area contributed by atoms with Crippen molar-refractivity contribution in [3.8, 4) is 0 Å². The minimum absolute atomic E-state index is 0.379. The summed E-state index contributed by atoms with van der Waals surface area (Å²) in [5, 5.41) is 2.90. The number of amides is 1. The number of nitrogens with zero attached hydrogens (tertiary/aromatic N) is 1. The summed E-state index contributed by atoms with van der Waals surface area (Å²) in [6.07, 6.45) is 1.58. The molecule has 5 heteroatoms. The molecule has 1 heterocycles. The van der Waals surface area contributed by atoms with Crippen molar-refractivity contribution < 1.29 is 9.18 Å². The molecule has 0 fully saturated rings. The summed E-state index contributed by atoms with van der Waals surface area (Å²) in [6, 6.07) is 8.68. The molecule has 4 nitrogen and oxygen atoms in total. The number of nitrogens with two attached hydrogens (primary N) is 1. The van der Waals surface area contributed by atoms with Gasteiger partial charge in [0.25, 0.3) is 0 Å². The van der Waals surface area contributed by atoms with Crippen molar-refractivity contribution in [3.05, 3.63) is 59.7 Å². The van der Waals surface area contributed by atoms with Gasteiger partial charge in [0.05, 0.1) is 0 Å². The molecule has 0 saturated carbocycles. The molecule has 0 saturated heterocycles. The molecule has 1 aromatic heterocycles. The smallest absolute Gasteiger partial charge is 0.244 e. The third-order valence-electron chi connectivity index (χ3n) is 2.69. The first-order valence-electron chi connectivity index (χ1n) is 5.80. The zero-order chi connectivity index (χ0) is 13.8. The number of benzene rings is 1. The van der Waals surface area contributed by atoms with Gasteiger partial charge in [0, 0.05) is 23.1 Å². The zero-order valence-electron chi connectivity index (χ0n) is 10.4. The van der Waals surface area contributed by atoms with E-state index < -0.39 is 11.9 Å². The van der Waals surface area contributed by atoms with Gasteiger partial charge < -0.3 is 11.1 Å². The Kier molecular flexibility index (Phi) is 3.75. The normalized spacial score (nSPS) is 11.9. The van der Waals surface area contributed by atoms with E-state index >= 15 is 0 Å². The number of carbonyl (C=O) groups excluding carboxylic acids is 1. The highest BCUT2D eigenvalue weighted by Gasteiger charge is 2.18. The van der Waals surface area contributed by atoms with Crippen LogP contribution in [0.5, 0.6) is 0 Å². The number of rotatable bonds is 4. The summed E-state index contributed by atoms with van der Waals surface area (Å²) in [4.78, 5) is 15.6. The van der Waals surface area contributed by atoms with Gasteiger partial charge in [0.15, 0.2) is 0 Å². The molecule has 1 amide bonds. The summed E-state index contributed by atoms with van der Waals surface area (Å²) >= 11 is 0. The highest BCUT2D eigenvalue weighted by molar-refractivity contribution is 5.84. The van der Waals surface area contributed by atoms with Crippen molar-refractivity contribution in [2.45, 2.75) is 13.0 Å². The lowest BCUT2D eigenvalue weighted by Gasteiger charge is -2.17. The molecule has 0 bridgehead atoms. The average molecular weight is 259 g/mol. The Morgan fingerprint density at radius 1 is 1.37 bits per heavy atom. The molecular formula is C14H14FN3O. The van der Waals surface area contributed by atoms with E-state index in [0.717, 1.165) is 5.69 Å². The lowest BCUT2D eigenvalue weighted by Crippen LogP contribution is -2.27. The second-order valence-corrected chi connectivity index (χ2v) is 4.22. The van der Waals surface area contributed by atoms with Crippen LogP contribution in [0.1, 0.15) is 17.3 Å². The van der Waals surface area contributed by atoms with Gasteiger partial charge in [-0.05, 0) is 31.2 Å². The summed E-state index contributed by atoms with van der Waals surface area (Å²) in [5.41, 5.74) is 7.35. The maximum absolute atomic E-state index is 13.1. The van der Waals surface area contributed by atoms with E-state index in [1.807, 2.05) is 6.92 Å². The molecule has 3 N–H and O–H groups in total. The fourth-order valence-electron chi connectivity index (χ4n) is 1.71. The molecule has 0 aliphatic carbocycles. The fraction of sp³-hybridized carbons (Fsp3) is 0.143. The third-order valence-corrected chi connectivity index (χ3v) is 2.69. The Balaban J connectivity index is 2.26. The van der Waals surface area contributed by atoms with Crippen LogP contribution in [0.25, 0.3) is 0 Å². The molecule has 1 unspecified atom stereocenters. The summed E-state index contributed by atoms with van der Waals surface area (Å²) in [5.74, 6) is -0.926. The van der Waals surface area contributed by atoms with Gasteiger partial charge in [-0.15, -0.1) is 0 Å². The van der Waals surface area contributed by atoms with Gasteiger partial charge in [0.2, 0.25) is 5.91 Å². The highest BCUT2D eigenvalue weighted by atomic mass is 19.1. The molecule has 1 atom stereocenters. The summed E-state index contributed by atoms with van der Waals surface area (Å²) in [7, 11) is 0. The van der Waals surface area contributed by atoms with Crippen molar-refractivity contribution in [1.29, 1.82) is 0 Å². The first-order valence-corrected chi connectivity index (χ1v) is 5.80. The third kappa shape index (κ3) is 3.28. The molecule has 98 valence electrons. The first kappa shape index (κ1) is 13.0. The van der Waals surface area contributed by atoms with Gasteiger partial charge in [-0.2, -0.15) is 0 Å². The Labute approximate surface area is 110 Å². The van der Waals surface area contributed by atoms with E-state index in [2.05, 4.69) is 10.3 Å². The predicted octanol–water partition coefficient (Wildman–Crippen LogP) is 2.17. The molecule has 0 radical (unpaired) electrons. The van der Waals surface area contributed by atoms with E-state index in [-0.39, 0.29) is 5.82 Å². The van der Waals surface area contributed by atoms with Gasteiger partial charge in [0.1, 0.15) is 11.9 Å². The van der Waals surface area contributed by atoms with E-state index in [1.54, 1.807) is 30.5 Å². The second kappa shape index (κ2) is 5.48. The van der Waals surface area contributed by atoms with Crippen LogP contribution in [0.2, 0.25) is 0 Å². The number of hydrogen-bond donors (Lipinski definition) is 2. The molecule has 19 heavy (non-hydrogen) atoms. The number of carbonyl (C=O) groups is 1. The molecule has 2 rings (SSSR count). The Morgan fingerprint density at radius 2 is 2.16 bits per heavy atom. The van der Waals surface area contributed by atoms with Crippen LogP contribution in [0.4, 0.5) is 10.1 Å². The number of hydrogen-bond acceptors (Lipinski definition) is 3. The van der Waals surface area contributed by atoms with Crippen LogP contribution in [0.15, 0.2) is 42.6 Å². The van der Waals surface area contributed by atoms with Gasteiger partial charge in [-0.3, -0.25) is 9.78 Å². The van der Waals surface area contributed by atoms with Crippen molar-refractivity contribution in [1.82, 2.24) is 4.98 Å². The number of nitrogens with one attached hydrogen (secondary N) is 1.